The topological polar surface area (TPSA) is 37.8 Å². The van der Waals surface area contributed by atoms with Crippen molar-refractivity contribution in [1.82, 2.24) is 9.97 Å². The molecule has 0 saturated heterocycles. The fraction of sp³-hybridized carbons (Fsp3) is 0.692. The normalized spacial score (nSPS) is 11.6. The molecule has 1 aromatic rings. The number of aromatic nitrogens is 2. The first-order valence-corrected chi connectivity index (χ1v) is 6.89. The number of rotatable bonds is 4. The second-order valence-corrected chi connectivity index (χ2v) is 5.89. The third-order valence-corrected chi connectivity index (χ3v) is 3.95. The average molecular weight is 300 g/mol. The van der Waals surface area contributed by atoms with Crippen LogP contribution in [0.2, 0.25) is 0 Å². The Bertz CT molecular complexity index is 380. The van der Waals surface area contributed by atoms with E-state index in [-0.39, 0.29) is 0 Å². The number of hydrogen-bond acceptors (Lipinski definition) is 3. The van der Waals surface area contributed by atoms with Gasteiger partial charge in [-0.05, 0) is 34.7 Å². The molecule has 1 N–H and O–H groups in total. The molecule has 0 radical (unpaired) electrons. The summed E-state index contributed by atoms with van der Waals surface area (Å²) in [5.41, 5.74) is 0.991. The zero-order valence-electron chi connectivity index (χ0n) is 11.5. The van der Waals surface area contributed by atoms with Gasteiger partial charge in [0.15, 0.2) is 0 Å². The van der Waals surface area contributed by atoms with Crippen LogP contribution in [0.1, 0.15) is 45.1 Å². The van der Waals surface area contributed by atoms with Gasteiger partial charge in [-0.25, -0.2) is 9.97 Å². The van der Waals surface area contributed by atoms with E-state index in [4.69, 9.17) is 0 Å². The van der Waals surface area contributed by atoms with Gasteiger partial charge in [-0.1, -0.05) is 27.7 Å². The first-order valence-electron chi connectivity index (χ1n) is 6.10. The number of nitrogens with zero attached hydrogens (tertiary/aromatic N) is 2. The van der Waals surface area contributed by atoms with Crippen molar-refractivity contribution >= 4 is 21.7 Å². The van der Waals surface area contributed by atoms with E-state index in [2.05, 4.69) is 58.9 Å². The van der Waals surface area contributed by atoms with E-state index in [1.807, 2.05) is 14.0 Å². The minimum absolute atomic E-state index is 0.397. The van der Waals surface area contributed by atoms with E-state index in [9.17, 15) is 0 Å². The van der Waals surface area contributed by atoms with Gasteiger partial charge < -0.3 is 5.32 Å². The number of halogens is 1. The molecule has 0 aliphatic rings. The van der Waals surface area contributed by atoms with Gasteiger partial charge in [0.25, 0.3) is 0 Å². The molecule has 0 spiro atoms. The molecule has 4 heteroatoms. The molecule has 0 atom stereocenters. The SMILES string of the molecule is CNc1nc(C(C(C)C)C(C)C)nc(C)c1Br. The highest BCUT2D eigenvalue weighted by molar-refractivity contribution is 9.10. The molecule has 3 nitrogen and oxygen atoms in total. The molecule has 17 heavy (non-hydrogen) atoms. The van der Waals surface area contributed by atoms with Crippen LogP contribution in [-0.2, 0) is 0 Å². The Kier molecular flexibility index (Phi) is 4.92. The predicted octanol–water partition coefficient (Wildman–Crippen LogP) is 3.98. The summed E-state index contributed by atoms with van der Waals surface area (Å²) in [6.45, 7) is 10.9. The molecule has 1 heterocycles. The quantitative estimate of drug-likeness (QED) is 0.913. The van der Waals surface area contributed by atoms with Crippen molar-refractivity contribution in [3.05, 3.63) is 16.0 Å². The highest BCUT2D eigenvalue weighted by atomic mass is 79.9. The van der Waals surface area contributed by atoms with Crippen LogP contribution < -0.4 is 5.32 Å². The molecule has 0 aliphatic heterocycles. The summed E-state index contributed by atoms with van der Waals surface area (Å²) in [4.78, 5) is 9.25. The molecule has 0 aliphatic carbocycles. The van der Waals surface area contributed by atoms with Crippen molar-refractivity contribution in [3.63, 3.8) is 0 Å². The Hall–Kier alpha value is -0.640. The van der Waals surface area contributed by atoms with Gasteiger partial charge in [0.2, 0.25) is 0 Å². The van der Waals surface area contributed by atoms with E-state index >= 15 is 0 Å². The number of anilines is 1. The maximum Gasteiger partial charge on any atom is 0.144 e. The van der Waals surface area contributed by atoms with Crippen molar-refractivity contribution in [1.29, 1.82) is 0 Å². The second kappa shape index (κ2) is 5.80. The van der Waals surface area contributed by atoms with Gasteiger partial charge in [0.1, 0.15) is 11.6 Å². The van der Waals surface area contributed by atoms with Crippen molar-refractivity contribution in [2.75, 3.05) is 12.4 Å². The third-order valence-electron chi connectivity index (χ3n) is 3.01. The third kappa shape index (κ3) is 3.18. The van der Waals surface area contributed by atoms with E-state index in [1.165, 1.54) is 0 Å². The van der Waals surface area contributed by atoms with E-state index in [1.54, 1.807) is 0 Å². The molecule has 0 saturated carbocycles. The molecule has 1 aromatic heterocycles. The monoisotopic (exact) mass is 299 g/mol. The Morgan fingerprint density at radius 1 is 1.06 bits per heavy atom. The van der Waals surface area contributed by atoms with Gasteiger partial charge in [-0.3, -0.25) is 0 Å². The highest BCUT2D eigenvalue weighted by Gasteiger charge is 2.24. The summed E-state index contributed by atoms with van der Waals surface area (Å²) in [5.74, 6) is 3.30. The lowest BCUT2D eigenvalue weighted by Gasteiger charge is -2.24. The van der Waals surface area contributed by atoms with Crippen LogP contribution in [0.25, 0.3) is 0 Å². The van der Waals surface area contributed by atoms with Gasteiger partial charge in [0, 0.05) is 13.0 Å². The smallest absolute Gasteiger partial charge is 0.144 e. The Morgan fingerprint density at radius 2 is 1.59 bits per heavy atom. The maximum absolute atomic E-state index is 4.63. The second-order valence-electron chi connectivity index (χ2n) is 5.09. The standard InChI is InChI=1S/C13H22BrN3/c1-7(2)10(8(3)4)12-16-9(5)11(14)13(15-6)17-12/h7-8,10H,1-6H3,(H,15,16,17). The van der Waals surface area contributed by atoms with Crippen LogP contribution >= 0.6 is 15.9 Å². The number of nitrogens with one attached hydrogen (secondary N) is 1. The largest absolute Gasteiger partial charge is 0.372 e. The average Bonchev–Trinajstić information content (AvgIpc) is 2.21. The van der Waals surface area contributed by atoms with E-state index < -0.39 is 0 Å². The molecular weight excluding hydrogens is 278 g/mol. The van der Waals surface area contributed by atoms with Gasteiger partial charge >= 0.3 is 0 Å². The number of aryl methyl sites for hydroxylation is 1. The Morgan fingerprint density at radius 3 is 2.00 bits per heavy atom. The summed E-state index contributed by atoms with van der Waals surface area (Å²) >= 11 is 3.51. The predicted molar refractivity (Wildman–Crippen MR) is 76.4 cm³/mol. The molecule has 0 amide bonds. The van der Waals surface area contributed by atoms with Crippen LogP contribution in [0.5, 0.6) is 0 Å². The first-order chi connectivity index (χ1) is 7.88. The van der Waals surface area contributed by atoms with E-state index in [0.29, 0.717) is 17.8 Å². The van der Waals surface area contributed by atoms with Gasteiger partial charge in [0.05, 0.1) is 10.2 Å². The van der Waals surface area contributed by atoms with Crippen LogP contribution in [0.3, 0.4) is 0 Å². The molecule has 1 rings (SSSR count). The minimum atomic E-state index is 0.397. The maximum atomic E-state index is 4.63. The molecule has 0 bridgehead atoms. The fourth-order valence-electron chi connectivity index (χ4n) is 2.26. The van der Waals surface area contributed by atoms with Crippen molar-refractivity contribution in [2.45, 2.75) is 40.5 Å². The lowest BCUT2D eigenvalue weighted by molar-refractivity contribution is 0.370. The fourth-order valence-corrected chi connectivity index (χ4v) is 2.64. The lowest BCUT2D eigenvalue weighted by atomic mass is 9.85. The highest BCUT2D eigenvalue weighted by Crippen LogP contribution is 2.32. The Labute approximate surface area is 113 Å². The van der Waals surface area contributed by atoms with Crippen LogP contribution in [0.15, 0.2) is 4.47 Å². The van der Waals surface area contributed by atoms with Crippen LogP contribution in [0.4, 0.5) is 5.82 Å². The lowest BCUT2D eigenvalue weighted by Crippen LogP contribution is -2.18. The molecule has 0 unspecified atom stereocenters. The first kappa shape index (κ1) is 14.4. The zero-order chi connectivity index (χ0) is 13.2. The van der Waals surface area contributed by atoms with E-state index in [0.717, 1.165) is 21.8 Å². The Balaban J connectivity index is 3.25. The molecular formula is C13H22BrN3. The van der Waals surface area contributed by atoms with Gasteiger partial charge in [-0.15, -0.1) is 0 Å². The number of hydrogen-bond donors (Lipinski definition) is 1. The molecule has 0 aromatic carbocycles. The van der Waals surface area contributed by atoms with Crippen molar-refractivity contribution in [3.8, 4) is 0 Å². The zero-order valence-corrected chi connectivity index (χ0v) is 13.1. The molecule has 96 valence electrons. The summed E-state index contributed by atoms with van der Waals surface area (Å²) in [6.07, 6.45) is 0. The summed E-state index contributed by atoms with van der Waals surface area (Å²) < 4.78 is 0.954. The van der Waals surface area contributed by atoms with Crippen LogP contribution in [-0.4, -0.2) is 17.0 Å². The molecule has 0 fully saturated rings. The summed E-state index contributed by atoms with van der Waals surface area (Å²) in [6, 6.07) is 0. The minimum Gasteiger partial charge on any atom is -0.372 e. The van der Waals surface area contributed by atoms with Crippen molar-refractivity contribution < 1.29 is 0 Å². The summed E-state index contributed by atoms with van der Waals surface area (Å²) in [5, 5.41) is 3.11. The van der Waals surface area contributed by atoms with Crippen molar-refractivity contribution in [2.24, 2.45) is 11.8 Å². The van der Waals surface area contributed by atoms with Gasteiger partial charge in [-0.2, -0.15) is 0 Å². The summed E-state index contributed by atoms with van der Waals surface area (Å²) in [7, 11) is 1.88. The van der Waals surface area contributed by atoms with Crippen LogP contribution in [0, 0.1) is 18.8 Å².